The van der Waals surface area contributed by atoms with E-state index in [-0.39, 0.29) is 11.0 Å². The van der Waals surface area contributed by atoms with Crippen LogP contribution in [0.25, 0.3) is 0 Å². The number of carbonyl (C=O) groups is 2. The third kappa shape index (κ3) is 3.41. The van der Waals surface area contributed by atoms with Crippen molar-refractivity contribution >= 4 is 35.5 Å². The van der Waals surface area contributed by atoms with Crippen LogP contribution in [0.1, 0.15) is 18.5 Å². The van der Waals surface area contributed by atoms with Crippen molar-refractivity contribution in [3.63, 3.8) is 0 Å². The lowest BCUT2D eigenvalue weighted by Crippen LogP contribution is -2.48. The molecular formula is C18H16N4O2S. The maximum Gasteiger partial charge on any atom is 0.256 e. The number of aromatic nitrogens is 1. The summed E-state index contributed by atoms with van der Waals surface area (Å²) in [5.41, 5.74) is 1.81. The van der Waals surface area contributed by atoms with E-state index in [0.717, 1.165) is 5.56 Å². The third-order valence-electron chi connectivity index (χ3n) is 3.86. The lowest BCUT2D eigenvalue weighted by molar-refractivity contribution is -0.117. The minimum Gasteiger partial charge on any atom is -0.336 e. The molecule has 0 fully saturated rings. The predicted octanol–water partition coefficient (Wildman–Crippen LogP) is 2.38. The lowest BCUT2D eigenvalue weighted by atomic mass is 9.93. The van der Waals surface area contributed by atoms with E-state index >= 15 is 0 Å². The van der Waals surface area contributed by atoms with Crippen LogP contribution in [0.3, 0.4) is 0 Å². The smallest absolute Gasteiger partial charge is 0.256 e. The molecule has 1 aliphatic rings. The molecule has 126 valence electrons. The second-order valence-corrected chi connectivity index (χ2v) is 5.85. The molecule has 2 N–H and O–H groups in total. The van der Waals surface area contributed by atoms with E-state index < -0.39 is 6.04 Å². The van der Waals surface area contributed by atoms with Gasteiger partial charge in [-0.2, -0.15) is 0 Å². The predicted molar refractivity (Wildman–Crippen MR) is 98.4 cm³/mol. The number of benzene rings is 1. The van der Waals surface area contributed by atoms with Crippen LogP contribution in [0.15, 0.2) is 66.0 Å². The van der Waals surface area contributed by atoms with Crippen LogP contribution in [0.2, 0.25) is 0 Å². The van der Waals surface area contributed by atoms with Gasteiger partial charge in [-0.05, 0) is 36.8 Å². The summed E-state index contributed by atoms with van der Waals surface area (Å²) in [5, 5.41) is 5.95. The Hall–Kier alpha value is -3.06. The van der Waals surface area contributed by atoms with Crippen LogP contribution in [-0.4, -0.2) is 27.3 Å². The number of hydrogen-bond acceptors (Lipinski definition) is 4. The van der Waals surface area contributed by atoms with Gasteiger partial charge in [0.2, 0.25) is 6.41 Å². The fraction of sp³-hybridized carbons (Fsp3) is 0.111. The first kappa shape index (κ1) is 16.8. The molecule has 1 unspecified atom stereocenters. The van der Waals surface area contributed by atoms with Crippen molar-refractivity contribution in [1.29, 1.82) is 0 Å². The summed E-state index contributed by atoms with van der Waals surface area (Å²) in [6.07, 6.45) is 2.23. The average molecular weight is 352 g/mol. The largest absolute Gasteiger partial charge is 0.336 e. The van der Waals surface area contributed by atoms with Gasteiger partial charge in [0, 0.05) is 11.9 Å². The first-order chi connectivity index (χ1) is 12.1. The molecule has 1 atom stereocenters. The number of rotatable bonds is 4. The average Bonchev–Trinajstić information content (AvgIpc) is 2.62. The maximum atomic E-state index is 12.9. The zero-order chi connectivity index (χ0) is 17.8. The van der Waals surface area contributed by atoms with E-state index in [1.165, 1.54) is 4.90 Å². The summed E-state index contributed by atoms with van der Waals surface area (Å²) < 4.78 is 0. The summed E-state index contributed by atoms with van der Waals surface area (Å²) in [6, 6.07) is 13.9. The molecule has 0 saturated carbocycles. The van der Waals surface area contributed by atoms with Crippen LogP contribution in [0.5, 0.6) is 0 Å². The maximum absolute atomic E-state index is 12.9. The number of nitrogens with zero attached hydrogens (tertiary/aromatic N) is 2. The van der Waals surface area contributed by atoms with Crippen molar-refractivity contribution in [2.45, 2.75) is 13.0 Å². The molecule has 25 heavy (non-hydrogen) atoms. The molecule has 6 nitrogen and oxygen atoms in total. The van der Waals surface area contributed by atoms with Crippen molar-refractivity contribution in [3.05, 3.63) is 71.6 Å². The molecule has 0 aliphatic carbocycles. The van der Waals surface area contributed by atoms with Gasteiger partial charge >= 0.3 is 0 Å². The van der Waals surface area contributed by atoms with E-state index in [9.17, 15) is 9.59 Å². The van der Waals surface area contributed by atoms with Crippen molar-refractivity contribution in [1.82, 2.24) is 15.2 Å². The zero-order valence-corrected chi connectivity index (χ0v) is 14.3. The van der Waals surface area contributed by atoms with Gasteiger partial charge in [-0.1, -0.05) is 36.4 Å². The van der Waals surface area contributed by atoms with Crippen molar-refractivity contribution in [3.8, 4) is 0 Å². The van der Waals surface area contributed by atoms with E-state index in [0.29, 0.717) is 23.5 Å². The van der Waals surface area contributed by atoms with Gasteiger partial charge in [-0.25, -0.2) is 4.98 Å². The molecule has 2 heterocycles. The topological polar surface area (TPSA) is 74.3 Å². The highest BCUT2D eigenvalue weighted by Gasteiger charge is 2.36. The van der Waals surface area contributed by atoms with E-state index in [1.54, 1.807) is 31.3 Å². The Kier molecular flexibility index (Phi) is 4.85. The number of allylic oxidation sites excluding steroid dienone is 1. The Labute approximate surface area is 150 Å². The lowest BCUT2D eigenvalue weighted by Gasteiger charge is -2.36. The number of nitrogens with one attached hydrogen (secondary N) is 2. The molecule has 3 rings (SSSR count). The molecule has 0 bridgehead atoms. The fourth-order valence-corrected chi connectivity index (χ4v) is 3.04. The third-order valence-corrected chi connectivity index (χ3v) is 4.18. The molecule has 0 saturated heterocycles. The number of pyridine rings is 1. The Balaban J connectivity index is 2.03. The van der Waals surface area contributed by atoms with Crippen LogP contribution < -0.4 is 10.6 Å². The molecule has 7 heteroatoms. The quantitative estimate of drug-likeness (QED) is 0.653. The summed E-state index contributed by atoms with van der Waals surface area (Å²) in [5.74, 6) is 0.0947. The van der Waals surface area contributed by atoms with Crippen molar-refractivity contribution in [2.24, 2.45) is 0 Å². The van der Waals surface area contributed by atoms with Crippen LogP contribution >= 0.6 is 12.2 Å². The number of carbonyl (C=O) groups excluding carboxylic acids is 2. The molecule has 2 amide bonds. The monoisotopic (exact) mass is 352 g/mol. The number of amides is 2. The van der Waals surface area contributed by atoms with Crippen LogP contribution in [0.4, 0.5) is 5.82 Å². The van der Waals surface area contributed by atoms with Gasteiger partial charge in [-0.15, -0.1) is 0 Å². The molecule has 1 aromatic carbocycles. The van der Waals surface area contributed by atoms with Gasteiger partial charge in [-0.3, -0.25) is 14.5 Å². The van der Waals surface area contributed by atoms with E-state index in [4.69, 9.17) is 12.2 Å². The Morgan fingerprint density at radius 2 is 1.96 bits per heavy atom. The number of anilines is 1. The molecule has 1 aromatic heterocycles. The molecule has 0 radical (unpaired) electrons. The second-order valence-electron chi connectivity index (χ2n) is 5.46. The number of thiocarbonyl (C=S) groups is 1. The van der Waals surface area contributed by atoms with Crippen molar-refractivity contribution in [2.75, 3.05) is 5.32 Å². The zero-order valence-electron chi connectivity index (χ0n) is 13.5. The standard InChI is InChI=1S/C18H16N4O2S/c1-12-15(17(24)21-14-9-5-6-10-19-14)16(13-7-3-2-4-8-13)22(11-23)18(25)20-12/h2-11,16H,1H3,(H,20,25)(H,19,21,24). The fourth-order valence-electron chi connectivity index (χ4n) is 2.74. The van der Waals surface area contributed by atoms with Gasteiger partial charge < -0.3 is 10.6 Å². The molecule has 2 aromatic rings. The molecule has 0 spiro atoms. The van der Waals surface area contributed by atoms with Gasteiger partial charge in [0.1, 0.15) is 5.82 Å². The highest BCUT2D eigenvalue weighted by atomic mass is 32.1. The first-order valence-electron chi connectivity index (χ1n) is 7.64. The summed E-state index contributed by atoms with van der Waals surface area (Å²) in [6.45, 7) is 1.76. The second kappa shape index (κ2) is 7.23. The van der Waals surface area contributed by atoms with Crippen LogP contribution in [-0.2, 0) is 9.59 Å². The Morgan fingerprint density at radius 1 is 1.24 bits per heavy atom. The SMILES string of the molecule is CC1=C(C(=O)Nc2ccccn2)C(c2ccccc2)N(C=O)C(=S)N1. The first-order valence-corrected chi connectivity index (χ1v) is 8.05. The highest BCUT2D eigenvalue weighted by molar-refractivity contribution is 7.80. The highest BCUT2D eigenvalue weighted by Crippen LogP contribution is 2.33. The van der Waals surface area contributed by atoms with Gasteiger partial charge in [0.15, 0.2) is 5.11 Å². The number of hydrogen-bond donors (Lipinski definition) is 2. The minimum atomic E-state index is -0.601. The van der Waals surface area contributed by atoms with Crippen molar-refractivity contribution < 1.29 is 9.59 Å². The Morgan fingerprint density at radius 3 is 2.60 bits per heavy atom. The Bertz CT molecular complexity index is 837. The minimum absolute atomic E-state index is 0.260. The summed E-state index contributed by atoms with van der Waals surface area (Å²) in [4.78, 5) is 30.0. The molecule has 1 aliphatic heterocycles. The summed E-state index contributed by atoms with van der Waals surface area (Å²) in [7, 11) is 0. The van der Waals surface area contributed by atoms with Gasteiger partial charge in [0.25, 0.3) is 5.91 Å². The van der Waals surface area contributed by atoms with Gasteiger partial charge in [0.05, 0.1) is 11.6 Å². The summed E-state index contributed by atoms with van der Waals surface area (Å²) >= 11 is 5.25. The normalized spacial score (nSPS) is 17.1. The van der Waals surface area contributed by atoms with E-state index in [1.807, 2.05) is 30.3 Å². The van der Waals surface area contributed by atoms with Crippen LogP contribution in [0, 0.1) is 0 Å². The van der Waals surface area contributed by atoms with E-state index in [2.05, 4.69) is 15.6 Å². The molecular weight excluding hydrogens is 336 g/mol.